The Morgan fingerprint density at radius 2 is 2.13 bits per heavy atom. The van der Waals surface area contributed by atoms with Crippen molar-refractivity contribution in [1.82, 2.24) is 9.88 Å². The number of rotatable bonds is 1. The molecule has 5 nitrogen and oxygen atoms in total. The molecule has 1 atom stereocenters. The van der Waals surface area contributed by atoms with E-state index in [2.05, 4.69) is 44.6 Å². The van der Waals surface area contributed by atoms with Crippen LogP contribution in [0.3, 0.4) is 0 Å². The summed E-state index contributed by atoms with van der Waals surface area (Å²) in [6, 6.07) is 10.3. The maximum absolute atomic E-state index is 5.96. The number of hydrogen-bond acceptors (Lipinski definition) is 5. The summed E-state index contributed by atoms with van der Waals surface area (Å²) in [6.07, 6.45) is 5.18. The number of aromatic nitrogens is 1. The van der Waals surface area contributed by atoms with Gasteiger partial charge in [-0.1, -0.05) is 17.3 Å². The van der Waals surface area contributed by atoms with Gasteiger partial charge in [-0.25, -0.2) is 0 Å². The van der Waals surface area contributed by atoms with E-state index in [0.717, 1.165) is 35.4 Å². The Hall–Kier alpha value is -2.14. The smallest absolute Gasteiger partial charge is 0.160 e. The maximum atomic E-state index is 5.96. The van der Waals surface area contributed by atoms with Gasteiger partial charge in [0.05, 0.1) is 11.9 Å². The highest BCUT2D eigenvalue weighted by molar-refractivity contribution is 5.98. The fourth-order valence-corrected chi connectivity index (χ4v) is 4.30. The molecule has 0 aliphatic carbocycles. The van der Waals surface area contributed by atoms with Crippen LogP contribution in [0.15, 0.2) is 41.7 Å². The van der Waals surface area contributed by atoms with Crippen molar-refractivity contribution in [3.05, 3.63) is 36.5 Å². The first kappa shape index (κ1) is 13.3. The van der Waals surface area contributed by atoms with Crippen LogP contribution in [0.1, 0.15) is 19.3 Å². The third-order valence-electron chi connectivity index (χ3n) is 5.52. The highest BCUT2D eigenvalue weighted by Crippen LogP contribution is 2.43. The number of nitrogens with zero attached hydrogens (tertiary/aromatic N) is 3. The number of hydrogen-bond donors (Lipinski definition) is 1. The molecule has 2 bridgehead atoms. The maximum Gasteiger partial charge on any atom is 0.160 e. The summed E-state index contributed by atoms with van der Waals surface area (Å²) in [5.74, 6) is 1.59. The monoisotopic (exact) mass is 308 g/mol. The lowest BCUT2D eigenvalue weighted by atomic mass is 9.73. The van der Waals surface area contributed by atoms with Gasteiger partial charge in [-0.2, -0.15) is 0 Å². The molecule has 5 heteroatoms. The summed E-state index contributed by atoms with van der Waals surface area (Å²) in [7, 11) is 0. The molecule has 23 heavy (non-hydrogen) atoms. The molecule has 1 aromatic carbocycles. The SMILES string of the molecule is c1cnc2cc(NC3=NOC4(C3)CN3CCC4CC3)ccc2c1. The molecule has 4 aliphatic heterocycles. The minimum Gasteiger partial charge on any atom is -0.386 e. The Morgan fingerprint density at radius 1 is 1.22 bits per heavy atom. The molecule has 1 aromatic heterocycles. The molecule has 0 saturated carbocycles. The second-order valence-electron chi connectivity index (χ2n) is 6.96. The number of nitrogens with one attached hydrogen (secondary N) is 1. The first-order chi connectivity index (χ1) is 11.3. The Labute approximate surface area is 135 Å². The molecule has 1 N–H and O–H groups in total. The predicted molar refractivity (Wildman–Crippen MR) is 90.4 cm³/mol. The molecule has 4 aliphatic rings. The Kier molecular flexibility index (Phi) is 2.85. The van der Waals surface area contributed by atoms with Crippen molar-refractivity contribution < 1.29 is 4.84 Å². The van der Waals surface area contributed by atoms with Crippen molar-refractivity contribution in [2.75, 3.05) is 25.0 Å². The number of fused-ring (bicyclic) bond motifs is 3. The molecular weight excluding hydrogens is 288 g/mol. The highest BCUT2D eigenvalue weighted by atomic mass is 16.7. The van der Waals surface area contributed by atoms with Crippen LogP contribution in [0, 0.1) is 5.92 Å². The summed E-state index contributed by atoms with van der Waals surface area (Å²) in [5, 5.41) is 8.95. The van der Waals surface area contributed by atoms with Crippen molar-refractivity contribution in [3.8, 4) is 0 Å². The van der Waals surface area contributed by atoms with Crippen LogP contribution in [0.5, 0.6) is 0 Å². The van der Waals surface area contributed by atoms with E-state index in [1.54, 1.807) is 0 Å². The van der Waals surface area contributed by atoms with Gasteiger partial charge in [0.25, 0.3) is 0 Å². The van der Waals surface area contributed by atoms with Crippen LogP contribution in [0.4, 0.5) is 5.69 Å². The molecule has 118 valence electrons. The zero-order valence-corrected chi connectivity index (χ0v) is 13.0. The van der Waals surface area contributed by atoms with Crippen molar-refractivity contribution in [1.29, 1.82) is 0 Å². The molecule has 5 heterocycles. The van der Waals surface area contributed by atoms with E-state index in [0.29, 0.717) is 5.92 Å². The molecule has 6 rings (SSSR count). The largest absolute Gasteiger partial charge is 0.386 e. The van der Waals surface area contributed by atoms with Crippen LogP contribution in [0.25, 0.3) is 10.9 Å². The molecular formula is C18H20N4O. The van der Waals surface area contributed by atoms with Crippen molar-refractivity contribution >= 4 is 22.4 Å². The van der Waals surface area contributed by atoms with E-state index in [1.807, 2.05) is 12.3 Å². The minimum absolute atomic E-state index is 0.0894. The Morgan fingerprint density at radius 3 is 2.96 bits per heavy atom. The number of oxime groups is 1. The number of amidine groups is 1. The first-order valence-corrected chi connectivity index (χ1v) is 8.40. The van der Waals surface area contributed by atoms with Gasteiger partial charge < -0.3 is 10.2 Å². The summed E-state index contributed by atoms with van der Waals surface area (Å²) < 4.78 is 0. The molecule has 0 amide bonds. The van der Waals surface area contributed by atoms with Gasteiger partial charge in [-0.3, -0.25) is 9.88 Å². The van der Waals surface area contributed by atoms with Gasteiger partial charge in [0, 0.05) is 29.7 Å². The van der Waals surface area contributed by atoms with Crippen molar-refractivity contribution in [3.63, 3.8) is 0 Å². The predicted octanol–water partition coefficient (Wildman–Crippen LogP) is 2.84. The van der Waals surface area contributed by atoms with E-state index in [9.17, 15) is 0 Å². The second-order valence-corrected chi connectivity index (χ2v) is 6.96. The van der Waals surface area contributed by atoms with E-state index >= 15 is 0 Å². The van der Waals surface area contributed by atoms with Crippen LogP contribution in [0.2, 0.25) is 0 Å². The zero-order chi connectivity index (χ0) is 15.3. The van der Waals surface area contributed by atoms with E-state index in [4.69, 9.17) is 4.84 Å². The molecule has 0 radical (unpaired) electrons. The van der Waals surface area contributed by atoms with E-state index < -0.39 is 0 Å². The van der Waals surface area contributed by atoms with Crippen LogP contribution in [-0.4, -0.2) is 41.0 Å². The third kappa shape index (κ3) is 2.18. The molecule has 1 spiro atoms. The topological polar surface area (TPSA) is 49.8 Å². The van der Waals surface area contributed by atoms with Crippen LogP contribution >= 0.6 is 0 Å². The fraction of sp³-hybridized carbons (Fsp3) is 0.444. The van der Waals surface area contributed by atoms with Gasteiger partial charge in [0.15, 0.2) is 11.4 Å². The summed E-state index contributed by atoms with van der Waals surface area (Å²) in [4.78, 5) is 12.9. The number of piperidine rings is 3. The van der Waals surface area contributed by atoms with E-state index in [1.165, 1.54) is 25.9 Å². The first-order valence-electron chi connectivity index (χ1n) is 8.40. The van der Waals surface area contributed by atoms with Crippen LogP contribution < -0.4 is 5.32 Å². The number of pyridine rings is 1. The lowest BCUT2D eigenvalue weighted by Gasteiger charge is -2.49. The molecule has 3 saturated heterocycles. The second kappa shape index (κ2) is 4.93. The van der Waals surface area contributed by atoms with E-state index in [-0.39, 0.29) is 5.60 Å². The highest BCUT2D eigenvalue weighted by Gasteiger charge is 2.52. The average Bonchev–Trinajstić information content (AvgIpc) is 2.98. The molecule has 1 unspecified atom stereocenters. The Bertz CT molecular complexity index is 781. The fourth-order valence-electron chi connectivity index (χ4n) is 4.30. The molecule has 2 aromatic rings. The average molecular weight is 308 g/mol. The van der Waals surface area contributed by atoms with Gasteiger partial charge in [-0.15, -0.1) is 0 Å². The lowest BCUT2D eigenvalue weighted by molar-refractivity contribution is -0.136. The van der Waals surface area contributed by atoms with Crippen molar-refractivity contribution in [2.45, 2.75) is 24.9 Å². The van der Waals surface area contributed by atoms with Gasteiger partial charge in [0.2, 0.25) is 0 Å². The van der Waals surface area contributed by atoms with Crippen LogP contribution in [-0.2, 0) is 4.84 Å². The minimum atomic E-state index is -0.0894. The molecule has 3 fully saturated rings. The summed E-state index contributed by atoms with van der Waals surface area (Å²) in [5.41, 5.74) is 1.93. The van der Waals surface area contributed by atoms with Crippen molar-refractivity contribution in [2.24, 2.45) is 11.1 Å². The van der Waals surface area contributed by atoms with Gasteiger partial charge in [0.1, 0.15) is 0 Å². The number of benzene rings is 1. The third-order valence-corrected chi connectivity index (χ3v) is 5.52. The lowest BCUT2D eigenvalue weighted by Crippen LogP contribution is -2.59. The summed E-state index contributed by atoms with van der Waals surface area (Å²) in [6.45, 7) is 3.45. The van der Waals surface area contributed by atoms with Gasteiger partial charge in [-0.05, 0) is 44.1 Å². The number of anilines is 1. The van der Waals surface area contributed by atoms with Gasteiger partial charge >= 0.3 is 0 Å². The summed E-state index contributed by atoms with van der Waals surface area (Å²) >= 11 is 0. The standard InChI is InChI=1S/C18H20N4O/c1-2-13-3-4-15(10-16(13)19-7-1)20-17-11-18(23-21-17)12-22-8-5-14(18)6-9-22/h1-4,7,10,14H,5-6,8-9,11-12H2,(H,20,21). The quantitative estimate of drug-likeness (QED) is 0.880. The normalized spacial score (nSPS) is 32.1. The zero-order valence-electron chi connectivity index (χ0n) is 13.0. The Balaban J connectivity index is 1.35.